The minimum atomic E-state index is -4.49. The Kier molecular flexibility index (Phi) is 4.41. The van der Waals surface area contributed by atoms with Crippen molar-refractivity contribution in [2.75, 3.05) is 25.9 Å². The van der Waals surface area contributed by atoms with Crippen LogP contribution in [0.25, 0.3) is 0 Å². The number of nitrogens with two attached hydrogens (primary N) is 1. The van der Waals surface area contributed by atoms with Gasteiger partial charge >= 0.3 is 6.18 Å². The van der Waals surface area contributed by atoms with E-state index < -0.39 is 17.6 Å². The normalized spacial score (nSPS) is 20.3. The van der Waals surface area contributed by atoms with Gasteiger partial charge in [-0.3, -0.25) is 4.79 Å². The van der Waals surface area contributed by atoms with Crippen molar-refractivity contribution in [3.8, 4) is 0 Å². The number of carbonyl (C=O) groups is 1. The highest BCUT2D eigenvalue weighted by Crippen LogP contribution is 2.31. The number of nitrogens with one attached hydrogen (secondary N) is 1. The van der Waals surface area contributed by atoms with Gasteiger partial charge in [-0.15, -0.1) is 0 Å². The Bertz CT molecular complexity index is 531. The zero-order valence-electron chi connectivity index (χ0n) is 11.7. The summed E-state index contributed by atoms with van der Waals surface area (Å²) in [7, 11) is 1.94. The SMILES string of the molecule is CN1CCCC(NC(=O)c2cc(C(F)(F)F)ccc2N)C1. The first-order valence-corrected chi connectivity index (χ1v) is 6.73. The summed E-state index contributed by atoms with van der Waals surface area (Å²) >= 11 is 0. The molecule has 1 aliphatic heterocycles. The average molecular weight is 301 g/mol. The number of piperidine rings is 1. The van der Waals surface area contributed by atoms with Crippen molar-refractivity contribution >= 4 is 11.6 Å². The van der Waals surface area contributed by atoms with Gasteiger partial charge in [0.25, 0.3) is 5.91 Å². The zero-order chi connectivity index (χ0) is 15.6. The van der Waals surface area contributed by atoms with Crippen LogP contribution >= 0.6 is 0 Å². The highest BCUT2D eigenvalue weighted by Gasteiger charge is 2.32. The van der Waals surface area contributed by atoms with E-state index in [9.17, 15) is 18.0 Å². The van der Waals surface area contributed by atoms with E-state index in [1.165, 1.54) is 0 Å². The second-order valence-corrected chi connectivity index (χ2v) is 5.37. The van der Waals surface area contributed by atoms with Crippen LogP contribution in [0.2, 0.25) is 0 Å². The number of carbonyl (C=O) groups excluding carboxylic acids is 1. The number of likely N-dealkylation sites (N-methyl/N-ethyl adjacent to an activating group) is 1. The van der Waals surface area contributed by atoms with Crippen LogP contribution in [0.5, 0.6) is 0 Å². The number of hydrogen-bond donors (Lipinski definition) is 2. The summed E-state index contributed by atoms with van der Waals surface area (Å²) in [5, 5.41) is 2.76. The van der Waals surface area contributed by atoms with Crippen LogP contribution in [0.15, 0.2) is 18.2 Å². The van der Waals surface area contributed by atoms with E-state index in [0.29, 0.717) is 6.54 Å². The average Bonchev–Trinajstić information content (AvgIpc) is 2.37. The molecule has 1 aromatic carbocycles. The molecule has 0 radical (unpaired) electrons. The Morgan fingerprint density at radius 2 is 2.14 bits per heavy atom. The lowest BCUT2D eigenvalue weighted by Gasteiger charge is -2.30. The minimum absolute atomic E-state index is 0.0460. The van der Waals surface area contributed by atoms with E-state index in [1.54, 1.807) is 0 Å². The van der Waals surface area contributed by atoms with Crippen molar-refractivity contribution in [1.82, 2.24) is 10.2 Å². The highest BCUT2D eigenvalue weighted by molar-refractivity contribution is 5.99. The van der Waals surface area contributed by atoms with Gasteiger partial charge in [-0.1, -0.05) is 0 Å². The maximum Gasteiger partial charge on any atom is 0.416 e. The number of rotatable bonds is 2. The van der Waals surface area contributed by atoms with Crippen LogP contribution in [0.1, 0.15) is 28.8 Å². The molecule has 1 fully saturated rings. The summed E-state index contributed by atoms with van der Waals surface area (Å²) in [5.41, 5.74) is 4.67. The molecule has 4 nitrogen and oxygen atoms in total. The number of halogens is 3. The van der Waals surface area contributed by atoms with Crippen LogP contribution in [-0.4, -0.2) is 37.0 Å². The summed E-state index contributed by atoms with van der Waals surface area (Å²) in [6.07, 6.45) is -2.73. The van der Waals surface area contributed by atoms with Gasteiger partial charge in [0.2, 0.25) is 0 Å². The van der Waals surface area contributed by atoms with Crippen LogP contribution in [0.4, 0.5) is 18.9 Å². The number of amides is 1. The molecule has 1 heterocycles. The molecule has 1 aromatic rings. The van der Waals surface area contributed by atoms with E-state index in [2.05, 4.69) is 10.2 Å². The van der Waals surface area contributed by atoms with Gasteiger partial charge in [-0.2, -0.15) is 13.2 Å². The Labute approximate surface area is 121 Å². The lowest BCUT2D eigenvalue weighted by atomic mass is 10.0. The molecule has 1 amide bonds. The van der Waals surface area contributed by atoms with E-state index in [-0.39, 0.29) is 17.3 Å². The molecule has 0 bridgehead atoms. The summed E-state index contributed by atoms with van der Waals surface area (Å²) in [6.45, 7) is 1.64. The summed E-state index contributed by atoms with van der Waals surface area (Å²) in [4.78, 5) is 14.2. The first-order chi connectivity index (χ1) is 9.77. The number of anilines is 1. The largest absolute Gasteiger partial charge is 0.416 e. The predicted octanol–water partition coefficient (Wildman–Crippen LogP) is 2.11. The van der Waals surface area contributed by atoms with E-state index in [1.807, 2.05) is 7.05 Å². The van der Waals surface area contributed by atoms with Gasteiger partial charge in [0.15, 0.2) is 0 Å². The first kappa shape index (κ1) is 15.6. The minimum Gasteiger partial charge on any atom is -0.398 e. The second kappa shape index (κ2) is 5.93. The third kappa shape index (κ3) is 3.87. The number of nitrogens with zero attached hydrogens (tertiary/aromatic N) is 1. The smallest absolute Gasteiger partial charge is 0.398 e. The van der Waals surface area contributed by atoms with Crippen molar-refractivity contribution in [1.29, 1.82) is 0 Å². The van der Waals surface area contributed by atoms with Crippen LogP contribution in [0.3, 0.4) is 0 Å². The van der Waals surface area contributed by atoms with Gasteiger partial charge in [0.1, 0.15) is 0 Å². The van der Waals surface area contributed by atoms with Crippen molar-refractivity contribution in [3.05, 3.63) is 29.3 Å². The van der Waals surface area contributed by atoms with Gasteiger partial charge in [-0.25, -0.2) is 0 Å². The first-order valence-electron chi connectivity index (χ1n) is 6.73. The molecule has 3 N–H and O–H groups in total. The van der Waals surface area contributed by atoms with Gasteiger partial charge in [0, 0.05) is 18.3 Å². The topological polar surface area (TPSA) is 58.4 Å². The summed E-state index contributed by atoms with van der Waals surface area (Å²) < 4.78 is 38.1. The second-order valence-electron chi connectivity index (χ2n) is 5.37. The summed E-state index contributed by atoms with van der Waals surface area (Å²) in [5.74, 6) is -0.557. The Morgan fingerprint density at radius 3 is 2.76 bits per heavy atom. The van der Waals surface area contributed by atoms with Gasteiger partial charge in [0.05, 0.1) is 11.1 Å². The number of alkyl halides is 3. The maximum absolute atomic E-state index is 12.7. The van der Waals surface area contributed by atoms with E-state index in [0.717, 1.165) is 37.6 Å². The van der Waals surface area contributed by atoms with E-state index in [4.69, 9.17) is 5.73 Å². The monoisotopic (exact) mass is 301 g/mol. The molecule has 0 aliphatic carbocycles. The van der Waals surface area contributed by atoms with Crippen LogP contribution in [0, 0.1) is 0 Å². The van der Waals surface area contributed by atoms with Crippen molar-refractivity contribution < 1.29 is 18.0 Å². The number of hydrogen-bond acceptors (Lipinski definition) is 3. The van der Waals surface area contributed by atoms with Gasteiger partial charge in [-0.05, 0) is 44.6 Å². The molecule has 0 spiro atoms. The molecule has 1 atom stereocenters. The molecule has 7 heteroatoms. The molecular formula is C14H18F3N3O. The van der Waals surface area contributed by atoms with Crippen LogP contribution in [-0.2, 0) is 6.18 Å². The number of nitrogen functional groups attached to an aromatic ring is 1. The highest BCUT2D eigenvalue weighted by atomic mass is 19.4. The lowest BCUT2D eigenvalue weighted by Crippen LogP contribution is -2.46. The molecule has 116 valence electrons. The Hall–Kier alpha value is -1.76. The Morgan fingerprint density at radius 1 is 1.43 bits per heavy atom. The standard InChI is InChI=1S/C14H18F3N3O/c1-20-6-2-3-10(8-20)19-13(21)11-7-9(14(15,16)17)4-5-12(11)18/h4-5,7,10H,2-3,6,8,18H2,1H3,(H,19,21). The fraction of sp³-hybridized carbons (Fsp3) is 0.500. The molecule has 1 saturated heterocycles. The van der Waals surface area contributed by atoms with Crippen molar-refractivity contribution in [3.63, 3.8) is 0 Å². The summed E-state index contributed by atoms with van der Waals surface area (Å²) in [6, 6.07) is 2.73. The number of benzene rings is 1. The molecule has 0 aromatic heterocycles. The van der Waals surface area contributed by atoms with Crippen molar-refractivity contribution in [2.24, 2.45) is 0 Å². The van der Waals surface area contributed by atoms with Gasteiger partial charge < -0.3 is 16.0 Å². The predicted molar refractivity (Wildman–Crippen MR) is 73.8 cm³/mol. The zero-order valence-corrected chi connectivity index (χ0v) is 11.7. The third-order valence-corrected chi connectivity index (χ3v) is 3.58. The molecule has 0 saturated carbocycles. The van der Waals surface area contributed by atoms with Crippen molar-refractivity contribution in [2.45, 2.75) is 25.1 Å². The van der Waals surface area contributed by atoms with E-state index >= 15 is 0 Å². The number of likely N-dealkylation sites (tertiary alicyclic amines) is 1. The molecule has 21 heavy (non-hydrogen) atoms. The van der Waals surface area contributed by atoms with Crippen LogP contribution < -0.4 is 11.1 Å². The Balaban J connectivity index is 2.15. The fourth-order valence-electron chi connectivity index (χ4n) is 2.48. The molecule has 1 aliphatic rings. The quantitative estimate of drug-likeness (QED) is 0.823. The maximum atomic E-state index is 12.7. The molecule has 2 rings (SSSR count). The third-order valence-electron chi connectivity index (χ3n) is 3.58. The molecule has 1 unspecified atom stereocenters. The lowest BCUT2D eigenvalue weighted by molar-refractivity contribution is -0.137. The fourth-order valence-corrected chi connectivity index (χ4v) is 2.48. The molecular weight excluding hydrogens is 283 g/mol.